The number of nitrogens with one attached hydrogen (secondary N) is 1. The fraction of sp³-hybridized carbons (Fsp3) is 0.571. The molecule has 1 amide bonds. The van der Waals surface area contributed by atoms with Crippen molar-refractivity contribution in [2.24, 2.45) is 0 Å². The van der Waals surface area contributed by atoms with Crippen molar-refractivity contribution in [3.8, 4) is 5.75 Å². The molecule has 104 valence electrons. The van der Waals surface area contributed by atoms with E-state index in [1.807, 2.05) is 0 Å². The highest BCUT2D eigenvalue weighted by Gasteiger charge is 2.22. The number of carbonyl (C=O) groups is 1. The summed E-state index contributed by atoms with van der Waals surface area (Å²) in [6, 6.07) is 3.04. The van der Waals surface area contributed by atoms with Crippen molar-refractivity contribution in [3.63, 3.8) is 0 Å². The lowest BCUT2D eigenvalue weighted by Gasteiger charge is -2.18. The van der Waals surface area contributed by atoms with Gasteiger partial charge in [-0.2, -0.15) is 0 Å². The Morgan fingerprint density at radius 1 is 1.47 bits per heavy atom. The molecule has 0 bridgehead atoms. The van der Waals surface area contributed by atoms with Crippen LogP contribution in [0.5, 0.6) is 5.75 Å². The average Bonchev–Trinajstić information content (AvgIpc) is 2.91. The Kier molecular flexibility index (Phi) is 4.24. The van der Waals surface area contributed by atoms with E-state index >= 15 is 0 Å². The maximum Gasteiger partial charge on any atom is 0.293 e. The largest absolute Gasteiger partial charge is 0.491 e. The quantitative estimate of drug-likeness (QED) is 0.896. The van der Waals surface area contributed by atoms with Gasteiger partial charge in [-0.05, 0) is 31.9 Å². The average molecular weight is 264 g/mol. The van der Waals surface area contributed by atoms with Crippen LogP contribution in [0.3, 0.4) is 0 Å². The van der Waals surface area contributed by atoms with Crippen molar-refractivity contribution in [1.29, 1.82) is 0 Å². The standard InChI is InChI=1S/C14H20N2O3/c1-10(13(17)15-11-6-3-4-7-11)16-9-5-8-12(19-2)14(16)18/h5,8-11H,3-4,6-7H2,1-2H3,(H,15,17)/t10-/m1/s1. The molecule has 19 heavy (non-hydrogen) atoms. The SMILES string of the molecule is COc1cccn([C@H](C)C(=O)NC2CCCC2)c1=O. The number of nitrogens with zero attached hydrogens (tertiary/aromatic N) is 1. The molecule has 1 aromatic rings. The molecule has 2 rings (SSSR count). The minimum atomic E-state index is -0.525. The molecule has 0 aromatic carbocycles. The van der Waals surface area contributed by atoms with Crippen LogP contribution in [0.1, 0.15) is 38.6 Å². The van der Waals surface area contributed by atoms with Crippen LogP contribution in [0.25, 0.3) is 0 Å². The van der Waals surface area contributed by atoms with E-state index in [1.54, 1.807) is 25.3 Å². The van der Waals surface area contributed by atoms with Gasteiger partial charge in [-0.3, -0.25) is 9.59 Å². The van der Waals surface area contributed by atoms with Crippen LogP contribution in [0.4, 0.5) is 0 Å². The first-order valence-electron chi connectivity index (χ1n) is 6.69. The number of pyridine rings is 1. The van der Waals surface area contributed by atoms with E-state index in [4.69, 9.17) is 4.74 Å². The van der Waals surface area contributed by atoms with Crippen LogP contribution in [0, 0.1) is 0 Å². The van der Waals surface area contributed by atoms with Gasteiger partial charge in [-0.1, -0.05) is 12.8 Å². The van der Waals surface area contributed by atoms with E-state index in [2.05, 4.69) is 5.32 Å². The van der Waals surface area contributed by atoms with Gasteiger partial charge < -0.3 is 14.6 Å². The van der Waals surface area contributed by atoms with Gasteiger partial charge in [0.1, 0.15) is 6.04 Å². The first-order chi connectivity index (χ1) is 9.13. The third-order valence-electron chi connectivity index (χ3n) is 3.66. The molecule has 5 heteroatoms. The summed E-state index contributed by atoms with van der Waals surface area (Å²) in [5.74, 6) is 0.144. The Labute approximate surface area is 112 Å². The summed E-state index contributed by atoms with van der Waals surface area (Å²) >= 11 is 0. The van der Waals surface area contributed by atoms with Gasteiger partial charge >= 0.3 is 0 Å². The molecular formula is C14H20N2O3. The number of carbonyl (C=O) groups excluding carboxylic acids is 1. The third-order valence-corrected chi connectivity index (χ3v) is 3.66. The van der Waals surface area contributed by atoms with E-state index in [1.165, 1.54) is 24.5 Å². The van der Waals surface area contributed by atoms with Crippen molar-refractivity contribution in [2.75, 3.05) is 7.11 Å². The minimum absolute atomic E-state index is 0.109. The monoisotopic (exact) mass is 264 g/mol. The van der Waals surface area contributed by atoms with Gasteiger partial charge in [0.15, 0.2) is 5.75 Å². The molecule has 1 saturated carbocycles. The van der Waals surface area contributed by atoms with Crippen molar-refractivity contribution in [3.05, 3.63) is 28.7 Å². The van der Waals surface area contributed by atoms with E-state index in [0.717, 1.165) is 12.8 Å². The highest BCUT2D eigenvalue weighted by molar-refractivity contribution is 5.80. The maximum atomic E-state index is 12.1. The van der Waals surface area contributed by atoms with Crippen LogP contribution in [0.2, 0.25) is 0 Å². The Balaban J connectivity index is 2.12. The van der Waals surface area contributed by atoms with Crippen LogP contribution in [-0.4, -0.2) is 23.6 Å². The first-order valence-corrected chi connectivity index (χ1v) is 6.69. The van der Waals surface area contributed by atoms with Gasteiger partial charge in [0, 0.05) is 12.2 Å². The molecule has 1 heterocycles. The maximum absolute atomic E-state index is 12.1. The zero-order valence-electron chi connectivity index (χ0n) is 11.4. The molecule has 0 unspecified atom stereocenters. The fourth-order valence-corrected chi connectivity index (χ4v) is 2.47. The summed E-state index contributed by atoms with van der Waals surface area (Å²) in [5.41, 5.74) is -0.279. The number of methoxy groups -OCH3 is 1. The molecule has 1 fully saturated rings. The molecule has 0 saturated heterocycles. The fourth-order valence-electron chi connectivity index (χ4n) is 2.47. The van der Waals surface area contributed by atoms with Gasteiger partial charge in [0.2, 0.25) is 5.91 Å². The van der Waals surface area contributed by atoms with Crippen LogP contribution >= 0.6 is 0 Å². The number of ether oxygens (including phenoxy) is 1. The molecule has 0 radical (unpaired) electrons. The Morgan fingerprint density at radius 3 is 2.79 bits per heavy atom. The Morgan fingerprint density at radius 2 is 2.16 bits per heavy atom. The molecule has 1 atom stereocenters. The summed E-state index contributed by atoms with van der Waals surface area (Å²) in [6.07, 6.45) is 6.01. The molecule has 1 N–H and O–H groups in total. The van der Waals surface area contributed by atoms with E-state index in [-0.39, 0.29) is 23.3 Å². The molecule has 1 aliphatic rings. The molecule has 1 aromatic heterocycles. The van der Waals surface area contributed by atoms with E-state index in [0.29, 0.717) is 0 Å². The van der Waals surface area contributed by atoms with Gasteiger partial charge in [0.05, 0.1) is 7.11 Å². The second kappa shape index (κ2) is 5.91. The number of amides is 1. The molecule has 0 aliphatic heterocycles. The topological polar surface area (TPSA) is 60.3 Å². The predicted molar refractivity (Wildman–Crippen MR) is 72.4 cm³/mol. The molecule has 0 spiro atoms. The van der Waals surface area contributed by atoms with Gasteiger partial charge in [-0.15, -0.1) is 0 Å². The van der Waals surface area contributed by atoms with Crippen LogP contribution in [0.15, 0.2) is 23.1 Å². The normalized spacial score (nSPS) is 17.2. The van der Waals surface area contributed by atoms with Gasteiger partial charge in [0.25, 0.3) is 5.56 Å². The summed E-state index contributed by atoms with van der Waals surface area (Å²) in [6.45, 7) is 1.73. The Hall–Kier alpha value is -1.78. The molecule has 5 nitrogen and oxygen atoms in total. The van der Waals surface area contributed by atoms with E-state index in [9.17, 15) is 9.59 Å². The number of rotatable bonds is 4. The summed E-state index contributed by atoms with van der Waals surface area (Å²) in [4.78, 5) is 24.2. The highest BCUT2D eigenvalue weighted by Crippen LogP contribution is 2.18. The second-order valence-corrected chi connectivity index (χ2v) is 4.95. The van der Waals surface area contributed by atoms with Crippen LogP contribution < -0.4 is 15.6 Å². The van der Waals surface area contributed by atoms with Crippen molar-refractivity contribution >= 4 is 5.91 Å². The van der Waals surface area contributed by atoms with Crippen LogP contribution in [-0.2, 0) is 4.79 Å². The summed E-state index contributed by atoms with van der Waals surface area (Å²) < 4.78 is 6.39. The second-order valence-electron chi connectivity index (χ2n) is 4.95. The smallest absolute Gasteiger partial charge is 0.293 e. The third kappa shape index (κ3) is 2.97. The lowest BCUT2D eigenvalue weighted by Crippen LogP contribution is -2.40. The number of hydrogen-bond acceptors (Lipinski definition) is 3. The number of hydrogen-bond donors (Lipinski definition) is 1. The zero-order chi connectivity index (χ0) is 13.8. The minimum Gasteiger partial charge on any atom is -0.491 e. The zero-order valence-corrected chi connectivity index (χ0v) is 11.4. The number of aromatic nitrogens is 1. The van der Waals surface area contributed by atoms with Crippen molar-refractivity contribution < 1.29 is 9.53 Å². The Bertz CT molecular complexity index is 504. The van der Waals surface area contributed by atoms with Gasteiger partial charge in [-0.25, -0.2) is 0 Å². The van der Waals surface area contributed by atoms with Crippen molar-refractivity contribution in [1.82, 2.24) is 9.88 Å². The predicted octanol–water partition coefficient (Wildman–Crippen LogP) is 1.48. The summed E-state index contributed by atoms with van der Waals surface area (Å²) in [5, 5.41) is 3.00. The first kappa shape index (κ1) is 13.6. The lowest BCUT2D eigenvalue weighted by molar-refractivity contribution is -0.124. The highest BCUT2D eigenvalue weighted by atomic mass is 16.5. The lowest BCUT2D eigenvalue weighted by atomic mass is 10.2. The van der Waals surface area contributed by atoms with E-state index < -0.39 is 6.04 Å². The molecule has 1 aliphatic carbocycles. The molecular weight excluding hydrogens is 244 g/mol. The van der Waals surface area contributed by atoms with Crippen molar-refractivity contribution in [2.45, 2.75) is 44.7 Å². The summed E-state index contributed by atoms with van der Waals surface area (Å²) in [7, 11) is 1.45.